The molecule has 0 aliphatic rings. The van der Waals surface area contributed by atoms with Gasteiger partial charge >= 0.3 is 5.69 Å². The zero-order chi connectivity index (χ0) is 11.5. The number of hydrogen-bond donors (Lipinski definition) is 3. The molecule has 0 spiro atoms. The van der Waals surface area contributed by atoms with Gasteiger partial charge in [0.1, 0.15) is 5.69 Å². The average Bonchev–Trinajstić information content (AvgIpc) is 2.25. The molecule has 2 aromatic rings. The van der Waals surface area contributed by atoms with E-state index in [1.807, 2.05) is 12.1 Å². The van der Waals surface area contributed by atoms with Gasteiger partial charge in [-0.05, 0) is 17.7 Å². The molecule has 0 aliphatic heterocycles. The van der Waals surface area contributed by atoms with E-state index in [1.165, 1.54) is 0 Å². The van der Waals surface area contributed by atoms with Crippen molar-refractivity contribution in [3.05, 3.63) is 56.4 Å². The molecular formula is C10H10N4O2. The van der Waals surface area contributed by atoms with Crippen LogP contribution in [0.3, 0.4) is 0 Å². The molecule has 6 nitrogen and oxygen atoms in total. The summed E-state index contributed by atoms with van der Waals surface area (Å²) < 4.78 is 0. The molecule has 4 N–H and O–H groups in total. The Morgan fingerprint density at radius 1 is 1.19 bits per heavy atom. The Morgan fingerprint density at radius 3 is 2.50 bits per heavy atom. The van der Waals surface area contributed by atoms with Gasteiger partial charge in [-0.25, -0.2) is 9.89 Å². The molecule has 2 rings (SSSR count). The monoisotopic (exact) mass is 218 g/mol. The second kappa shape index (κ2) is 4.01. The molecule has 0 amide bonds. The van der Waals surface area contributed by atoms with Crippen LogP contribution in [0.5, 0.6) is 0 Å². The standard InChI is InChI=1S/C10H10N4O2/c11-7-3-1-6(2-4-7)5-8-9(15)12-10(16)14-13-8/h1-4H,5,11H2,(H2,12,14,15,16). The first kappa shape index (κ1) is 10.2. The number of aromatic amines is 2. The highest BCUT2D eigenvalue weighted by Crippen LogP contribution is 2.07. The number of benzene rings is 1. The van der Waals surface area contributed by atoms with Gasteiger partial charge in [-0.1, -0.05) is 12.1 Å². The number of aromatic nitrogens is 3. The molecule has 0 aliphatic carbocycles. The first-order valence-electron chi connectivity index (χ1n) is 4.67. The highest BCUT2D eigenvalue weighted by atomic mass is 16.2. The van der Waals surface area contributed by atoms with Gasteiger partial charge in [0, 0.05) is 12.1 Å². The van der Waals surface area contributed by atoms with Gasteiger partial charge in [-0.2, -0.15) is 5.10 Å². The second-order valence-electron chi connectivity index (χ2n) is 3.37. The summed E-state index contributed by atoms with van der Waals surface area (Å²) in [6.07, 6.45) is 0.354. The van der Waals surface area contributed by atoms with Crippen LogP contribution >= 0.6 is 0 Å². The molecule has 0 saturated carbocycles. The summed E-state index contributed by atoms with van der Waals surface area (Å²) in [7, 11) is 0. The average molecular weight is 218 g/mol. The smallest absolute Gasteiger partial charge is 0.342 e. The Morgan fingerprint density at radius 2 is 1.88 bits per heavy atom. The van der Waals surface area contributed by atoms with E-state index in [-0.39, 0.29) is 5.69 Å². The molecule has 1 aromatic carbocycles. The van der Waals surface area contributed by atoms with Crippen LogP contribution in [0.25, 0.3) is 0 Å². The molecule has 0 radical (unpaired) electrons. The van der Waals surface area contributed by atoms with E-state index in [4.69, 9.17) is 5.73 Å². The summed E-state index contributed by atoms with van der Waals surface area (Å²) in [5.74, 6) is 0. The van der Waals surface area contributed by atoms with Crippen LogP contribution in [-0.2, 0) is 6.42 Å². The fourth-order valence-electron chi connectivity index (χ4n) is 1.32. The van der Waals surface area contributed by atoms with Crippen molar-refractivity contribution in [2.24, 2.45) is 0 Å². The number of rotatable bonds is 2. The predicted molar refractivity (Wildman–Crippen MR) is 59.1 cm³/mol. The third-order valence-electron chi connectivity index (χ3n) is 2.13. The van der Waals surface area contributed by atoms with Gasteiger partial charge in [0.05, 0.1) is 0 Å². The molecule has 1 heterocycles. The second-order valence-corrected chi connectivity index (χ2v) is 3.37. The van der Waals surface area contributed by atoms with E-state index in [0.29, 0.717) is 12.1 Å². The van der Waals surface area contributed by atoms with Gasteiger partial charge in [0.25, 0.3) is 5.56 Å². The number of nitrogens with one attached hydrogen (secondary N) is 2. The lowest BCUT2D eigenvalue weighted by Gasteiger charge is -1.99. The molecule has 0 bridgehead atoms. The molecule has 6 heteroatoms. The van der Waals surface area contributed by atoms with Crippen molar-refractivity contribution in [1.29, 1.82) is 0 Å². The van der Waals surface area contributed by atoms with E-state index >= 15 is 0 Å². The Balaban J connectivity index is 2.30. The van der Waals surface area contributed by atoms with Gasteiger partial charge < -0.3 is 5.73 Å². The first-order chi connectivity index (χ1) is 7.65. The summed E-state index contributed by atoms with van der Waals surface area (Å²) in [6.45, 7) is 0. The van der Waals surface area contributed by atoms with E-state index < -0.39 is 11.2 Å². The third-order valence-corrected chi connectivity index (χ3v) is 2.13. The van der Waals surface area contributed by atoms with Crippen LogP contribution in [0.4, 0.5) is 5.69 Å². The number of H-pyrrole nitrogens is 2. The molecule has 0 fully saturated rings. The number of nitrogens with two attached hydrogens (primary N) is 1. The minimum Gasteiger partial charge on any atom is -0.399 e. The van der Waals surface area contributed by atoms with Crippen molar-refractivity contribution in [3.63, 3.8) is 0 Å². The maximum absolute atomic E-state index is 11.3. The molecule has 0 atom stereocenters. The van der Waals surface area contributed by atoms with Crippen molar-refractivity contribution in [2.45, 2.75) is 6.42 Å². The molecule has 0 unspecified atom stereocenters. The van der Waals surface area contributed by atoms with Crippen molar-refractivity contribution in [2.75, 3.05) is 5.73 Å². The Bertz CT molecular complexity index is 597. The van der Waals surface area contributed by atoms with Crippen LogP contribution in [0.1, 0.15) is 11.3 Å². The lowest BCUT2D eigenvalue weighted by atomic mass is 10.1. The summed E-state index contributed by atoms with van der Waals surface area (Å²) in [4.78, 5) is 24.2. The number of nitrogen functional groups attached to an aromatic ring is 1. The lowest BCUT2D eigenvalue weighted by Crippen LogP contribution is -2.27. The van der Waals surface area contributed by atoms with Crippen LogP contribution < -0.4 is 17.0 Å². The zero-order valence-electron chi connectivity index (χ0n) is 8.36. The Kier molecular flexibility index (Phi) is 2.55. The van der Waals surface area contributed by atoms with Gasteiger partial charge in [0.2, 0.25) is 0 Å². The van der Waals surface area contributed by atoms with E-state index in [9.17, 15) is 9.59 Å². The van der Waals surface area contributed by atoms with E-state index in [2.05, 4.69) is 15.2 Å². The highest BCUT2D eigenvalue weighted by molar-refractivity contribution is 5.39. The largest absolute Gasteiger partial charge is 0.399 e. The maximum atomic E-state index is 11.3. The molecule has 0 saturated heterocycles. The van der Waals surface area contributed by atoms with E-state index in [1.54, 1.807) is 12.1 Å². The summed E-state index contributed by atoms with van der Waals surface area (Å²) >= 11 is 0. The molecule has 82 valence electrons. The summed E-state index contributed by atoms with van der Waals surface area (Å²) in [6, 6.07) is 7.10. The van der Waals surface area contributed by atoms with Crippen molar-refractivity contribution < 1.29 is 0 Å². The van der Waals surface area contributed by atoms with Crippen LogP contribution in [0, 0.1) is 0 Å². The molecule has 16 heavy (non-hydrogen) atoms. The lowest BCUT2D eigenvalue weighted by molar-refractivity contribution is 0.828. The summed E-state index contributed by atoms with van der Waals surface area (Å²) in [5, 5.41) is 5.87. The van der Waals surface area contributed by atoms with Crippen molar-refractivity contribution >= 4 is 5.69 Å². The predicted octanol–water partition coefficient (Wildman–Crippen LogP) is -0.369. The topological polar surface area (TPSA) is 105 Å². The highest BCUT2D eigenvalue weighted by Gasteiger charge is 2.03. The first-order valence-corrected chi connectivity index (χ1v) is 4.67. The van der Waals surface area contributed by atoms with Crippen molar-refractivity contribution in [3.8, 4) is 0 Å². The minimum atomic E-state index is -0.606. The maximum Gasteiger partial charge on any atom is 0.342 e. The Labute approximate surface area is 90.1 Å². The van der Waals surface area contributed by atoms with Crippen LogP contribution in [0.2, 0.25) is 0 Å². The summed E-state index contributed by atoms with van der Waals surface area (Å²) in [5.41, 5.74) is 6.29. The van der Waals surface area contributed by atoms with Gasteiger partial charge in [0.15, 0.2) is 0 Å². The molecule has 1 aromatic heterocycles. The van der Waals surface area contributed by atoms with Crippen LogP contribution in [0.15, 0.2) is 33.9 Å². The van der Waals surface area contributed by atoms with Gasteiger partial charge in [-0.3, -0.25) is 9.78 Å². The number of hydrogen-bond acceptors (Lipinski definition) is 4. The normalized spacial score (nSPS) is 10.2. The van der Waals surface area contributed by atoms with Crippen molar-refractivity contribution in [1.82, 2.24) is 15.2 Å². The van der Waals surface area contributed by atoms with Crippen LogP contribution in [-0.4, -0.2) is 15.2 Å². The fraction of sp³-hybridized carbons (Fsp3) is 0.100. The quantitative estimate of drug-likeness (QED) is 0.598. The minimum absolute atomic E-state index is 0.268. The van der Waals surface area contributed by atoms with Gasteiger partial charge in [-0.15, -0.1) is 0 Å². The fourth-order valence-corrected chi connectivity index (χ4v) is 1.32. The third kappa shape index (κ3) is 2.17. The number of anilines is 1. The molecular weight excluding hydrogens is 208 g/mol. The number of nitrogens with zero attached hydrogens (tertiary/aromatic N) is 1. The SMILES string of the molecule is Nc1ccc(Cc2n[nH]c(=O)[nH]c2=O)cc1. The van der Waals surface area contributed by atoms with E-state index in [0.717, 1.165) is 5.56 Å². The zero-order valence-corrected chi connectivity index (χ0v) is 8.36. The Hall–Kier alpha value is -2.37.